The Hall–Kier alpha value is -2.57. The van der Waals surface area contributed by atoms with E-state index in [9.17, 15) is 14.4 Å². The first kappa shape index (κ1) is 16.8. The minimum Gasteiger partial charge on any atom is -0.493 e. The molecule has 23 heavy (non-hydrogen) atoms. The zero-order chi connectivity index (χ0) is 16.8. The maximum atomic E-state index is 12.1. The number of aryl methyl sites for hydroxylation is 1. The molecule has 0 aliphatic carbocycles. The Morgan fingerprint density at radius 1 is 1.09 bits per heavy atom. The third-order valence-corrected chi connectivity index (χ3v) is 3.77. The molecule has 1 aliphatic rings. The van der Waals surface area contributed by atoms with Crippen LogP contribution in [0.5, 0.6) is 5.75 Å². The number of hydrogen-bond acceptors (Lipinski definition) is 4. The average Bonchev–Trinajstić information content (AvgIpc) is 2.56. The molecule has 1 aromatic carbocycles. The number of benzene rings is 1. The van der Waals surface area contributed by atoms with Gasteiger partial charge in [-0.15, -0.1) is 0 Å². The standard InChI is InChI=1S/C16H20N2O5/c1-12-4-2-3-5-13(12)23-11-6-14(19)17-7-9-18(10-8-17)15(20)16(21)22/h2-5H,6-11H2,1H3,(H,21,22). The van der Waals surface area contributed by atoms with Gasteiger partial charge in [0.05, 0.1) is 13.0 Å². The molecule has 2 amide bonds. The van der Waals surface area contributed by atoms with Crippen molar-refractivity contribution in [3.05, 3.63) is 29.8 Å². The van der Waals surface area contributed by atoms with E-state index in [0.29, 0.717) is 13.1 Å². The number of carbonyl (C=O) groups excluding carboxylic acids is 2. The maximum absolute atomic E-state index is 12.1. The number of carboxylic acids is 1. The lowest BCUT2D eigenvalue weighted by Gasteiger charge is -2.33. The largest absolute Gasteiger partial charge is 0.493 e. The van der Waals surface area contributed by atoms with Crippen LogP contribution in [0.2, 0.25) is 0 Å². The number of aliphatic carboxylic acids is 1. The molecule has 0 atom stereocenters. The first-order chi connectivity index (χ1) is 11.0. The van der Waals surface area contributed by atoms with Crippen molar-refractivity contribution in [3.8, 4) is 5.75 Å². The first-order valence-electron chi connectivity index (χ1n) is 7.47. The SMILES string of the molecule is Cc1ccccc1OCCC(=O)N1CCN(C(=O)C(=O)O)CC1. The molecule has 1 saturated heterocycles. The van der Waals surface area contributed by atoms with Gasteiger partial charge >= 0.3 is 11.9 Å². The van der Waals surface area contributed by atoms with E-state index in [1.807, 2.05) is 31.2 Å². The molecule has 0 spiro atoms. The van der Waals surface area contributed by atoms with Gasteiger partial charge in [-0.3, -0.25) is 9.59 Å². The molecule has 7 nitrogen and oxygen atoms in total. The summed E-state index contributed by atoms with van der Waals surface area (Å²) < 4.78 is 5.60. The molecular formula is C16H20N2O5. The summed E-state index contributed by atoms with van der Waals surface area (Å²) in [5.41, 5.74) is 1.01. The van der Waals surface area contributed by atoms with Gasteiger partial charge in [-0.25, -0.2) is 4.79 Å². The summed E-state index contributed by atoms with van der Waals surface area (Å²) in [6.45, 7) is 3.42. The van der Waals surface area contributed by atoms with Crippen LogP contribution >= 0.6 is 0 Å². The third kappa shape index (κ3) is 4.45. The summed E-state index contributed by atoms with van der Waals surface area (Å²) >= 11 is 0. The van der Waals surface area contributed by atoms with Crippen LogP contribution in [0.15, 0.2) is 24.3 Å². The topological polar surface area (TPSA) is 87.2 Å². The summed E-state index contributed by atoms with van der Waals surface area (Å²) in [6, 6.07) is 7.60. The molecule has 1 fully saturated rings. The molecule has 1 aromatic rings. The van der Waals surface area contributed by atoms with Crippen molar-refractivity contribution in [2.24, 2.45) is 0 Å². The summed E-state index contributed by atoms with van der Waals surface area (Å²) in [7, 11) is 0. The van der Waals surface area contributed by atoms with Gasteiger partial charge in [-0.2, -0.15) is 0 Å². The zero-order valence-corrected chi connectivity index (χ0v) is 13.0. The number of piperazine rings is 1. The Labute approximate surface area is 134 Å². The Morgan fingerprint density at radius 3 is 2.30 bits per heavy atom. The van der Waals surface area contributed by atoms with Crippen molar-refractivity contribution in [1.82, 2.24) is 9.80 Å². The van der Waals surface area contributed by atoms with E-state index < -0.39 is 11.9 Å². The van der Waals surface area contributed by atoms with Gasteiger partial charge in [0.25, 0.3) is 0 Å². The molecule has 0 bridgehead atoms. The molecule has 1 aliphatic heterocycles. The average molecular weight is 320 g/mol. The second-order valence-corrected chi connectivity index (χ2v) is 5.34. The Morgan fingerprint density at radius 2 is 1.70 bits per heavy atom. The van der Waals surface area contributed by atoms with Crippen LogP contribution in [0.4, 0.5) is 0 Å². The van der Waals surface area contributed by atoms with Crippen molar-refractivity contribution < 1.29 is 24.2 Å². The normalized spacial score (nSPS) is 14.5. The maximum Gasteiger partial charge on any atom is 0.394 e. The molecule has 124 valence electrons. The summed E-state index contributed by atoms with van der Waals surface area (Å²) in [5.74, 6) is -1.67. The Balaban J connectivity index is 1.74. The number of ether oxygens (including phenoxy) is 1. The molecule has 0 saturated carbocycles. The lowest BCUT2D eigenvalue weighted by molar-refractivity contribution is -0.157. The molecular weight excluding hydrogens is 300 g/mol. The second-order valence-electron chi connectivity index (χ2n) is 5.34. The number of amides is 2. The fraction of sp³-hybridized carbons (Fsp3) is 0.438. The van der Waals surface area contributed by atoms with Gasteiger partial charge in [0, 0.05) is 26.2 Å². The van der Waals surface area contributed by atoms with Crippen LogP contribution in [-0.4, -0.2) is 65.5 Å². The van der Waals surface area contributed by atoms with Gasteiger partial charge in [0.15, 0.2) is 0 Å². The number of carboxylic acid groups (broad SMARTS) is 1. The number of nitrogens with zero attached hydrogens (tertiary/aromatic N) is 2. The predicted molar refractivity (Wildman–Crippen MR) is 82.1 cm³/mol. The predicted octanol–water partition coefficient (Wildman–Crippen LogP) is 0.519. The quantitative estimate of drug-likeness (QED) is 0.817. The highest BCUT2D eigenvalue weighted by Gasteiger charge is 2.27. The smallest absolute Gasteiger partial charge is 0.394 e. The first-order valence-corrected chi connectivity index (χ1v) is 7.47. The van der Waals surface area contributed by atoms with Gasteiger partial charge < -0.3 is 19.6 Å². The summed E-state index contributed by atoms with van der Waals surface area (Å²) in [5, 5.41) is 8.67. The van der Waals surface area contributed by atoms with Crippen molar-refractivity contribution >= 4 is 17.8 Å². The summed E-state index contributed by atoms with van der Waals surface area (Å²) in [4.78, 5) is 37.0. The van der Waals surface area contributed by atoms with E-state index in [1.54, 1.807) is 4.90 Å². The fourth-order valence-electron chi connectivity index (χ4n) is 2.42. The van der Waals surface area contributed by atoms with Crippen LogP contribution in [-0.2, 0) is 14.4 Å². The third-order valence-electron chi connectivity index (χ3n) is 3.77. The highest BCUT2D eigenvalue weighted by atomic mass is 16.5. The number of rotatable bonds is 4. The molecule has 0 radical (unpaired) electrons. The van der Waals surface area contributed by atoms with E-state index in [2.05, 4.69) is 0 Å². The van der Waals surface area contributed by atoms with Crippen LogP contribution in [0, 0.1) is 6.92 Å². The molecule has 2 rings (SSSR count). The molecule has 7 heteroatoms. The highest BCUT2D eigenvalue weighted by Crippen LogP contribution is 2.16. The second kappa shape index (κ2) is 7.62. The van der Waals surface area contributed by atoms with Crippen LogP contribution < -0.4 is 4.74 Å². The fourth-order valence-corrected chi connectivity index (χ4v) is 2.42. The number of para-hydroxylation sites is 1. The van der Waals surface area contributed by atoms with E-state index in [4.69, 9.17) is 9.84 Å². The van der Waals surface area contributed by atoms with E-state index in [1.165, 1.54) is 4.90 Å². The number of carbonyl (C=O) groups is 3. The monoisotopic (exact) mass is 320 g/mol. The van der Waals surface area contributed by atoms with Crippen molar-refractivity contribution in [3.63, 3.8) is 0 Å². The van der Waals surface area contributed by atoms with Crippen molar-refractivity contribution in [1.29, 1.82) is 0 Å². The molecule has 1 heterocycles. The van der Waals surface area contributed by atoms with Gasteiger partial charge in [-0.1, -0.05) is 18.2 Å². The Kier molecular flexibility index (Phi) is 5.56. The molecule has 0 unspecified atom stereocenters. The highest BCUT2D eigenvalue weighted by molar-refractivity contribution is 6.31. The Bertz CT molecular complexity index is 594. The zero-order valence-electron chi connectivity index (χ0n) is 13.0. The van der Waals surface area contributed by atoms with Crippen LogP contribution in [0.25, 0.3) is 0 Å². The lowest BCUT2D eigenvalue weighted by Crippen LogP contribution is -2.52. The van der Waals surface area contributed by atoms with Gasteiger partial charge in [0.1, 0.15) is 5.75 Å². The van der Waals surface area contributed by atoms with Crippen molar-refractivity contribution in [2.45, 2.75) is 13.3 Å². The van der Waals surface area contributed by atoms with Gasteiger partial charge in [-0.05, 0) is 18.6 Å². The van der Waals surface area contributed by atoms with Crippen molar-refractivity contribution in [2.75, 3.05) is 32.8 Å². The minimum absolute atomic E-state index is 0.0546. The van der Waals surface area contributed by atoms with Gasteiger partial charge in [0.2, 0.25) is 5.91 Å². The summed E-state index contributed by atoms with van der Waals surface area (Å²) in [6.07, 6.45) is 0.251. The number of hydrogen-bond donors (Lipinski definition) is 1. The van der Waals surface area contributed by atoms with E-state index >= 15 is 0 Å². The van der Waals surface area contributed by atoms with E-state index in [-0.39, 0.29) is 32.0 Å². The lowest BCUT2D eigenvalue weighted by atomic mass is 10.2. The molecule has 0 aromatic heterocycles. The molecule has 1 N–H and O–H groups in total. The van der Waals surface area contributed by atoms with Crippen LogP contribution in [0.3, 0.4) is 0 Å². The minimum atomic E-state index is -1.46. The van der Waals surface area contributed by atoms with Crippen LogP contribution in [0.1, 0.15) is 12.0 Å². The van der Waals surface area contributed by atoms with E-state index in [0.717, 1.165) is 11.3 Å².